The predicted octanol–water partition coefficient (Wildman–Crippen LogP) is 1.75. The van der Waals surface area contributed by atoms with Gasteiger partial charge in [-0.1, -0.05) is 5.16 Å². The van der Waals surface area contributed by atoms with E-state index in [9.17, 15) is 4.79 Å². The zero-order valence-electron chi connectivity index (χ0n) is 14.7. The maximum atomic E-state index is 12.9. The highest BCUT2D eigenvalue weighted by atomic mass is 16.5. The molecule has 2 aromatic heterocycles. The minimum absolute atomic E-state index is 0.173. The lowest BCUT2D eigenvalue weighted by Crippen LogP contribution is -2.50. The Balaban J connectivity index is 1.48. The van der Waals surface area contributed by atoms with Crippen molar-refractivity contribution < 1.29 is 9.32 Å². The number of fused-ring (bicyclic) bond motifs is 1. The van der Waals surface area contributed by atoms with Gasteiger partial charge < -0.3 is 14.3 Å². The van der Waals surface area contributed by atoms with Gasteiger partial charge in [0.2, 0.25) is 5.91 Å². The number of carbonyl (C=O) groups is 1. The number of amides is 1. The fourth-order valence-corrected chi connectivity index (χ4v) is 4.14. The molecule has 0 saturated carbocycles. The van der Waals surface area contributed by atoms with Gasteiger partial charge in [-0.05, 0) is 38.7 Å². The van der Waals surface area contributed by atoms with Crippen LogP contribution >= 0.6 is 0 Å². The molecule has 1 amide bonds. The Kier molecular flexibility index (Phi) is 4.15. The summed E-state index contributed by atoms with van der Waals surface area (Å²) in [6, 6.07) is 2.20. The van der Waals surface area contributed by atoms with Crippen LogP contribution in [0.25, 0.3) is 0 Å². The van der Waals surface area contributed by atoms with Crippen molar-refractivity contribution in [3.63, 3.8) is 0 Å². The van der Waals surface area contributed by atoms with E-state index in [1.807, 2.05) is 19.9 Å². The summed E-state index contributed by atoms with van der Waals surface area (Å²) in [7, 11) is 0. The lowest BCUT2D eigenvalue weighted by molar-refractivity contribution is -0.131. The molecular weight excluding hydrogens is 318 g/mol. The number of piperidine rings is 1. The second kappa shape index (κ2) is 6.46. The van der Waals surface area contributed by atoms with Crippen LogP contribution < -0.4 is 4.90 Å². The van der Waals surface area contributed by atoms with Crippen LogP contribution in [0.15, 0.2) is 23.1 Å². The molecule has 0 aromatic carbocycles. The van der Waals surface area contributed by atoms with Crippen LogP contribution in [0.2, 0.25) is 0 Å². The van der Waals surface area contributed by atoms with Gasteiger partial charge >= 0.3 is 0 Å². The summed E-state index contributed by atoms with van der Waals surface area (Å²) in [6.07, 6.45) is 5.91. The van der Waals surface area contributed by atoms with Crippen LogP contribution in [0.3, 0.4) is 0 Å². The molecule has 4 heterocycles. The number of rotatable bonds is 3. The van der Waals surface area contributed by atoms with E-state index in [1.54, 1.807) is 12.5 Å². The van der Waals surface area contributed by atoms with E-state index >= 15 is 0 Å². The van der Waals surface area contributed by atoms with Crippen molar-refractivity contribution in [2.75, 3.05) is 24.5 Å². The average Bonchev–Trinajstić information content (AvgIpc) is 3.20. The van der Waals surface area contributed by atoms with Crippen molar-refractivity contribution in [3.8, 4) is 0 Å². The summed E-state index contributed by atoms with van der Waals surface area (Å²) in [5.74, 6) is 2.45. The summed E-state index contributed by atoms with van der Waals surface area (Å²) in [5.41, 5.74) is 1.74. The molecule has 25 heavy (non-hydrogen) atoms. The lowest BCUT2D eigenvalue weighted by Gasteiger charge is -2.39. The Hall–Kier alpha value is -2.44. The molecule has 0 N–H and O–H groups in total. The molecule has 0 bridgehead atoms. The van der Waals surface area contributed by atoms with Crippen LogP contribution in [-0.2, 0) is 11.2 Å². The first-order valence-electron chi connectivity index (χ1n) is 8.85. The first kappa shape index (κ1) is 16.1. The molecule has 2 aromatic rings. The largest absolute Gasteiger partial charge is 0.361 e. The molecule has 2 fully saturated rings. The fourth-order valence-electron chi connectivity index (χ4n) is 4.14. The molecule has 2 aliphatic heterocycles. The Morgan fingerprint density at radius 1 is 1.32 bits per heavy atom. The minimum atomic E-state index is 0.173. The first-order valence-corrected chi connectivity index (χ1v) is 8.85. The summed E-state index contributed by atoms with van der Waals surface area (Å²) in [4.78, 5) is 25.6. The van der Waals surface area contributed by atoms with Crippen molar-refractivity contribution in [1.29, 1.82) is 0 Å². The zero-order chi connectivity index (χ0) is 17.4. The molecule has 0 radical (unpaired) electrons. The number of carbonyl (C=O) groups excluding carboxylic acids is 1. The summed E-state index contributed by atoms with van der Waals surface area (Å²) >= 11 is 0. The second-order valence-corrected chi connectivity index (χ2v) is 6.99. The van der Waals surface area contributed by atoms with Crippen LogP contribution in [0.1, 0.15) is 29.9 Å². The van der Waals surface area contributed by atoms with E-state index in [0.29, 0.717) is 12.3 Å². The lowest BCUT2D eigenvalue weighted by atomic mass is 9.92. The third-order valence-electron chi connectivity index (χ3n) is 5.58. The molecule has 7 nitrogen and oxygen atoms in total. The van der Waals surface area contributed by atoms with E-state index in [2.05, 4.69) is 24.9 Å². The maximum absolute atomic E-state index is 12.9. The number of hydrogen-bond donors (Lipinski definition) is 0. The van der Waals surface area contributed by atoms with Gasteiger partial charge in [-0.25, -0.2) is 9.97 Å². The number of nitrogens with zero attached hydrogens (tertiary/aromatic N) is 5. The van der Waals surface area contributed by atoms with E-state index in [4.69, 9.17) is 4.52 Å². The second-order valence-electron chi connectivity index (χ2n) is 6.99. The molecule has 0 spiro atoms. The van der Waals surface area contributed by atoms with Gasteiger partial charge in [0.05, 0.1) is 18.2 Å². The number of anilines is 1. The maximum Gasteiger partial charge on any atom is 0.227 e. The highest BCUT2D eigenvalue weighted by Crippen LogP contribution is 2.33. The Morgan fingerprint density at radius 3 is 2.88 bits per heavy atom. The third kappa shape index (κ3) is 2.99. The van der Waals surface area contributed by atoms with E-state index in [0.717, 1.165) is 55.3 Å². The molecule has 2 unspecified atom stereocenters. The monoisotopic (exact) mass is 341 g/mol. The quantitative estimate of drug-likeness (QED) is 0.847. The van der Waals surface area contributed by atoms with Gasteiger partial charge in [0.15, 0.2) is 0 Å². The minimum Gasteiger partial charge on any atom is -0.361 e. The van der Waals surface area contributed by atoms with Gasteiger partial charge in [-0.2, -0.15) is 0 Å². The van der Waals surface area contributed by atoms with E-state index in [-0.39, 0.29) is 11.9 Å². The summed E-state index contributed by atoms with van der Waals surface area (Å²) in [6.45, 7) is 6.43. The molecule has 4 rings (SSSR count). The average molecular weight is 341 g/mol. The number of aryl methyl sites for hydroxylation is 2. The van der Waals surface area contributed by atoms with Gasteiger partial charge in [0, 0.05) is 31.4 Å². The number of hydrogen-bond acceptors (Lipinski definition) is 6. The SMILES string of the molecule is Cc1noc(C)c1CC(=O)N1CCC2CCN(c3ccncn3)CC21. The van der Waals surface area contributed by atoms with Crippen molar-refractivity contribution >= 4 is 11.7 Å². The third-order valence-corrected chi connectivity index (χ3v) is 5.58. The first-order chi connectivity index (χ1) is 12.1. The van der Waals surface area contributed by atoms with Crippen LogP contribution in [0.4, 0.5) is 5.82 Å². The van der Waals surface area contributed by atoms with Crippen LogP contribution in [-0.4, -0.2) is 51.6 Å². The Labute approximate surface area is 147 Å². The molecule has 2 atom stereocenters. The topological polar surface area (TPSA) is 75.4 Å². The summed E-state index contributed by atoms with van der Waals surface area (Å²) < 4.78 is 5.20. The number of aromatic nitrogens is 3. The highest BCUT2D eigenvalue weighted by Gasteiger charge is 2.41. The zero-order valence-corrected chi connectivity index (χ0v) is 14.7. The molecule has 2 saturated heterocycles. The van der Waals surface area contributed by atoms with Gasteiger partial charge in [-0.3, -0.25) is 4.79 Å². The van der Waals surface area contributed by atoms with Crippen molar-refractivity contribution in [1.82, 2.24) is 20.0 Å². The van der Waals surface area contributed by atoms with Crippen LogP contribution in [0.5, 0.6) is 0 Å². The summed E-state index contributed by atoms with van der Waals surface area (Å²) in [5, 5.41) is 3.96. The fraction of sp³-hybridized carbons (Fsp3) is 0.556. The predicted molar refractivity (Wildman–Crippen MR) is 92.2 cm³/mol. The molecule has 0 aliphatic carbocycles. The Morgan fingerprint density at radius 2 is 2.16 bits per heavy atom. The van der Waals surface area contributed by atoms with Gasteiger partial charge in [0.1, 0.15) is 17.9 Å². The van der Waals surface area contributed by atoms with Crippen molar-refractivity contribution in [2.24, 2.45) is 5.92 Å². The highest BCUT2D eigenvalue weighted by molar-refractivity contribution is 5.80. The smallest absolute Gasteiger partial charge is 0.227 e. The number of likely N-dealkylation sites (tertiary alicyclic amines) is 1. The Bertz CT molecular complexity index is 741. The normalized spacial score (nSPS) is 23.0. The van der Waals surface area contributed by atoms with Crippen molar-refractivity contribution in [2.45, 2.75) is 39.2 Å². The van der Waals surface area contributed by atoms with Crippen LogP contribution in [0, 0.1) is 19.8 Å². The van der Waals surface area contributed by atoms with E-state index in [1.165, 1.54) is 0 Å². The molecule has 2 aliphatic rings. The van der Waals surface area contributed by atoms with Gasteiger partial charge in [0.25, 0.3) is 0 Å². The molecular formula is C18H23N5O2. The van der Waals surface area contributed by atoms with Gasteiger partial charge in [-0.15, -0.1) is 0 Å². The van der Waals surface area contributed by atoms with E-state index < -0.39 is 0 Å². The molecule has 7 heteroatoms. The molecule has 132 valence electrons. The van der Waals surface area contributed by atoms with Crippen molar-refractivity contribution in [3.05, 3.63) is 35.6 Å². The standard InChI is InChI=1S/C18H23N5O2/c1-12-15(13(2)25-21-12)9-18(24)23-8-5-14-4-7-22(10-16(14)23)17-3-6-19-11-20-17/h3,6,11,14,16H,4-5,7-10H2,1-2H3.